The number of allylic oxidation sites excluding steroid dienone is 2. The largest absolute Gasteiger partial charge is 0.0878 e. The van der Waals surface area contributed by atoms with E-state index in [0.29, 0.717) is 0 Å². The molecular formula is C22H16S4. The average molecular weight is 409 g/mol. The normalized spacial score (nSPS) is 20.2. The summed E-state index contributed by atoms with van der Waals surface area (Å²) in [4.78, 5) is 2.60. The van der Waals surface area contributed by atoms with Crippen LogP contribution in [0.2, 0.25) is 0 Å². The van der Waals surface area contributed by atoms with Crippen LogP contribution < -0.4 is 0 Å². The van der Waals surface area contributed by atoms with Crippen molar-refractivity contribution in [3.8, 4) is 0 Å². The molecule has 2 aliphatic heterocycles. The zero-order valence-electron chi connectivity index (χ0n) is 13.9. The van der Waals surface area contributed by atoms with Crippen LogP contribution in [0.15, 0.2) is 102 Å². The molecule has 4 rings (SSSR count). The van der Waals surface area contributed by atoms with Gasteiger partial charge in [-0.2, -0.15) is 0 Å². The fraction of sp³-hybridized carbons (Fsp3) is 0. The highest BCUT2D eigenvalue weighted by atomic mass is 32.2. The highest BCUT2D eigenvalue weighted by Gasteiger charge is 2.20. The molecule has 2 heterocycles. The average Bonchev–Trinajstić information content (AvgIpc) is 3.36. The minimum atomic E-state index is 1.24. The zero-order valence-corrected chi connectivity index (χ0v) is 17.1. The summed E-state index contributed by atoms with van der Waals surface area (Å²) in [6, 6.07) is 20.9. The monoisotopic (exact) mass is 408 g/mol. The second-order valence-electron chi connectivity index (χ2n) is 5.54. The first kappa shape index (κ1) is 17.9. The Bertz CT molecular complexity index is 842. The van der Waals surface area contributed by atoms with Crippen LogP contribution in [0.25, 0.3) is 12.2 Å². The summed E-state index contributed by atoms with van der Waals surface area (Å²) >= 11 is 7.38. The topological polar surface area (TPSA) is 0 Å². The van der Waals surface area contributed by atoms with Crippen LogP contribution in [0, 0.1) is 0 Å². The molecule has 2 aromatic carbocycles. The van der Waals surface area contributed by atoms with Gasteiger partial charge in [0.1, 0.15) is 0 Å². The van der Waals surface area contributed by atoms with E-state index in [9.17, 15) is 0 Å². The molecule has 0 aliphatic carbocycles. The molecule has 26 heavy (non-hydrogen) atoms. The van der Waals surface area contributed by atoms with E-state index in [1.54, 1.807) is 0 Å². The summed E-state index contributed by atoms with van der Waals surface area (Å²) in [7, 11) is 0. The number of hydrogen-bond acceptors (Lipinski definition) is 4. The first-order valence-electron chi connectivity index (χ1n) is 8.17. The minimum Gasteiger partial charge on any atom is -0.0878 e. The summed E-state index contributed by atoms with van der Waals surface area (Å²) in [5, 5.41) is 4.48. The molecule has 0 aromatic heterocycles. The highest BCUT2D eigenvalue weighted by Crippen LogP contribution is 2.55. The Labute approximate surface area is 171 Å². The Hall–Kier alpha value is -1.46. The highest BCUT2D eigenvalue weighted by molar-refractivity contribution is 8.33. The van der Waals surface area contributed by atoms with Gasteiger partial charge >= 0.3 is 0 Å². The van der Waals surface area contributed by atoms with Gasteiger partial charge in [-0.15, -0.1) is 0 Å². The van der Waals surface area contributed by atoms with Crippen molar-refractivity contribution < 1.29 is 0 Å². The van der Waals surface area contributed by atoms with E-state index >= 15 is 0 Å². The van der Waals surface area contributed by atoms with Crippen LogP contribution in [-0.4, -0.2) is 0 Å². The van der Waals surface area contributed by atoms with Gasteiger partial charge < -0.3 is 0 Å². The van der Waals surface area contributed by atoms with Gasteiger partial charge in [-0.05, 0) is 34.1 Å². The van der Waals surface area contributed by atoms with Gasteiger partial charge in [0, 0.05) is 9.81 Å². The molecule has 0 spiro atoms. The SMILES string of the molecule is C(=Cc1ccccc1)C1=CSC(=C2SC=C(C=Cc3ccccc3)S2)S1. The third kappa shape index (κ3) is 4.83. The van der Waals surface area contributed by atoms with Gasteiger partial charge in [-0.25, -0.2) is 0 Å². The molecule has 0 radical (unpaired) electrons. The van der Waals surface area contributed by atoms with Crippen molar-refractivity contribution in [2.24, 2.45) is 0 Å². The molecule has 0 amide bonds. The molecule has 0 atom stereocenters. The Morgan fingerprint density at radius 2 is 0.923 bits per heavy atom. The molecule has 0 nitrogen and oxygen atoms in total. The lowest BCUT2D eigenvalue weighted by Gasteiger charge is -2.01. The third-order valence-corrected chi connectivity index (χ3v) is 8.86. The molecule has 0 bridgehead atoms. The van der Waals surface area contributed by atoms with Gasteiger partial charge in [-0.3, -0.25) is 0 Å². The summed E-state index contributed by atoms with van der Waals surface area (Å²) in [6.07, 6.45) is 8.76. The van der Waals surface area contributed by atoms with Crippen LogP contribution >= 0.6 is 47.0 Å². The predicted molar refractivity (Wildman–Crippen MR) is 125 cm³/mol. The van der Waals surface area contributed by atoms with Gasteiger partial charge in [0.25, 0.3) is 0 Å². The van der Waals surface area contributed by atoms with Crippen molar-refractivity contribution in [3.05, 3.63) is 113 Å². The first-order chi connectivity index (χ1) is 12.9. The van der Waals surface area contributed by atoms with Gasteiger partial charge in [0.15, 0.2) is 0 Å². The van der Waals surface area contributed by atoms with E-state index in [4.69, 9.17) is 0 Å². The number of thioether (sulfide) groups is 4. The molecule has 0 saturated carbocycles. The van der Waals surface area contributed by atoms with Gasteiger partial charge in [0.05, 0.1) is 8.47 Å². The van der Waals surface area contributed by atoms with Crippen LogP contribution in [0.4, 0.5) is 0 Å². The molecule has 4 heteroatoms. The molecule has 0 N–H and O–H groups in total. The van der Waals surface area contributed by atoms with Crippen molar-refractivity contribution >= 4 is 59.2 Å². The van der Waals surface area contributed by atoms with Crippen molar-refractivity contribution in [1.82, 2.24) is 0 Å². The fourth-order valence-electron chi connectivity index (χ4n) is 2.34. The fourth-order valence-corrected chi connectivity index (χ4v) is 7.01. The second kappa shape index (κ2) is 8.96. The number of rotatable bonds is 4. The summed E-state index contributed by atoms with van der Waals surface area (Å²) in [5.41, 5.74) is 2.47. The maximum atomic E-state index is 2.24. The quantitative estimate of drug-likeness (QED) is 0.500. The van der Waals surface area contributed by atoms with E-state index in [0.717, 1.165) is 0 Å². The number of hydrogen-bond donors (Lipinski definition) is 0. The van der Waals surface area contributed by atoms with Crippen LogP contribution in [0.3, 0.4) is 0 Å². The molecular weight excluding hydrogens is 393 g/mol. The van der Waals surface area contributed by atoms with Crippen molar-refractivity contribution in [3.63, 3.8) is 0 Å². The standard InChI is InChI=1S/C22H16S4/c1-3-7-17(8-4-1)11-13-19-15-23-21(25-19)22-24-16-20(26-22)14-12-18-9-5-2-6-10-18/h1-16H. The van der Waals surface area contributed by atoms with Crippen LogP contribution in [0.1, 0.15) is 11.1 Å². The molecule has 0 unspecified atom stereocenters. The van der Waals surface area contributed by atoms with E-state index in [2.05, 4.69) is 83.7 Å². The lowest BCUT2D eigenvalue weighted by molar-refractivity contribution is 1.66. The molecule has 0 saturated heterocycles. The molecule has 2 aromatic rings. The molecule has 128 valence electrons. The van der Waals surface area contributed by atoms with E-state index in [-0.39, 0.29) is 0 Å². The van der Waals surface area contributed by atoms with E-state index < -0.39 is 0 Å². The lowest BCUT2D eigenvalue weighted by Crippen LogP contribution is -1.71. The Balaban J connectivity index is 1.35. The summed E-state index contributed by atoms with van der Waals surface area (Å²) in [5.74, 6) is 0. The van der Waals surface area contributed by atoms with Crippen LogP contribution in [0.5, 0.6) is 0 Å². The maximum absolute atomic E-state index is 2.24. The maximum Gasteiger partial charge on any atom is 0.0700 e. The Morgan fingerprint density at radius 1 is 0.500 bits per heavy atom. The Kier molecular flexibility index (Phi) is 6.18. The van der Waals surface area contributed by atoms with Gasteiger partial charge in [-0.1, -0.05) is 120 Å². The number of benzene rings is 2. The van der Waals surface area contributed by atoms with Crippen molar-refractivity contribution in [2.75, 3.05) is 0 Å². The Morgan fingerprint density at radius 3 is 1.35 bits per heavy atom. The third-order valence-electron chi connectivity index (χ3n) is 3.63. The van der Waals surface area contributed by atoms with E-state index in [1.807, 2.05) is 59.2 Å². The molecule has 2 aliphatic rings. The van der Waals surface area contributed by atoms with Crippen LogP contribution in [-0.2, 0) is 0 Å². The first-order valence-corrected chi connectivity index (χ1v) is 11.6. The minimum absolute atomic E-state index is 1.24. The van der Waals surface area contributed by atoms with Gasteiger partial charge in [0.2, 0.25) is 0 Å². The summed E-state index contributed by atoms with van der Waals surface area (Å²) in [6.45, 7) is 0. The van der Waals surface area contributed by atoms with Crippen molar-refractivity contribution in [1.29, 1.82) is 0 Å². The van der Waals surface area contributed by atoms with Crippen molar-refractivity contribution in [2.45, 2.75) is 0 Å². The zero-order chi connectivity index (χ0) is 17.6. The van der Waals surface area contributed by atoms with E-state index in [1.165, 1.54) is 29.4 Å². The lowest BCUT2D eigenvalue weighted by atomic mass is 10.2. The predicted octanol–water partition coefficient (Wildman–Crippen LogP) is 8.18. The molecule has 0 fully saturated rings. The smallest absolute Gasteiger partial charge is 0.0700 e. The second-order valence-corrected chi connectivity index (χ2v) is 9.99. The summed E-state index contributed by atoms with van der Waals surface area (Å²) < 4.78 is 2.76.